The molecule has 0 amide bonds. The van der Waals surface area contributed by atoms with Gasteiger partial charge in [0.15, 0.2) is 0 Å². The van der Waals surface area contributed by atoms with Crippen LogP contribution in [0.25, 0.3) is 11.3 Å². The molecule has 0 bridgehead atoms. The summed E-state index contributed by atoms with van der Waals surface area (Å²) in [6, 6.07) is 5.44. The Hall–Kier alpha value is -1.48. The fourth-order valence-corrected chi connectivity index (χ4v) is 2.98. The average Bonchev–Trinajstić information content (AvgIpc) is 2.77. The number of nitrogens with zero attached hydrogens (tertiary/aromatic N) is 1. The number of hydrogen-bond donors (Lipinski definition) is 0. The van der Waals surface area contributed by atoms with Crippen LogP contribution in [-0.2, 0) is 4.74 Å². The summed E-state index contributed by atoms with van der Waals surface area (Å²) in [5, 5.41) is 0. The van der Waals surface area contributed by atoms with Crippen molar-refractivity contribution in [1.29, 1.82) is 0 Å². The SMILES string of the molecule is CC(C)(C)OC(=O)n1cc(Br)cc1-c1ccc(OC(F)(F)F)cc1Br. The van der Waals surface area contributed by atoms with Crippen molar-refractivity contribution < 1.29 is 27.4 Å². The van der Waals surface area contributed by atoms with Crippen LogP contribution in [0.4, 0.5) is 18.0 Å². The summed E-state index contributed by atoms with van der Waals surface area (Å²) in [7, 11) is 0. The van der Waals surface area contributed by atoms with Crippen LogP contribution in [0.1, 0.15) is 20.8 Å². The molecular formula is C16H14Br2F3NO3. The highest BCUT2D eigenvalue weighted by atomic mass is 79.9. The van der Waals surface area contributed by atoms with Crippen LogP contribution < -0.4 is 4.74 Å². The summed E-state index contributed by atoms with van der Waals surface area (Å²) in [6.45, 7) is 5.22. The molecule has 0 saturated heterocycles. The first-order valence-electron chi connectivity index (χ1n) is 7.03. The summed E-state index contributed by atoms with van der Waals surface area (Å²) in [6.07, 6.45) is -3.85. The molecule has 2 rings (SSSR count). The van der Waals surface area contributed by atoms with Crippen molar-refractivity contribution >= 4 is 38.0 Å². The van der Waals surface area contributed by atoms with Crippen molar-refractivity contribution in [2.45, 2.75) is 32.7 Å². The van der Waals surface area contributed by atoms with E-state index in [9.17, 15) is 18.0 Å². The molecule has 1 aromatic carbocycles. The molecule has 0 N–H and O–H groups in total. The van der Waals surface area contributed by atoms with Gasteiger partial charge in [0, 0.05) is 20.7 Å². The number of alkyl halides is 3. The highest BCUT2D eigenvalue weighted by Crippen LogP contribution is 2.35. The third-order valence-electron chi connectivity index (χ3n) is 2.83. The van der Waals surface area contributed by atoms with Gasteiger partial charge in [0.1, 0.15) is 11.4 Å². The van der Waals surface area contributed by atoms with Gasteiger partial charge in [-0.05, 0) is 76.9 Å². The van der Waals surface area contributed by atoms with Gasteiger partial charge in [0.05, 0.1) is 5.69 Å². The van der Waals surface area contributed by atoms with E-state index in [4.69, 9.17) is 4.74 Å². The van der Waals surface area contributed by atoms with Crippen LogP contribution in [0.3, 0.4) is 0 Å². The van der Waals surface area contributed by atoms with Gasteiger partial charge in [0.2, 0.25) is 0 Å². The maximum atomic E-state index is 12.4. The lowest BCUT2D eigenvalue weighted by molar-refractivity contribution is -0.274. The summed E-state index contributed by atoms with van der Waals surface area (Å²) < 4.78 is 48.4. The number of carbonyl (C=O) groups is 1. The van der Waals surface area contributed by atoms with E-state index in [1.54, 1.807) is 26.8 Å². The predicted octanol–water partition coefficient (Wildman–Crippen LogP) is 6.36. The minimum atomic E-state index is -4.78. The Balaban J connectivity index is 2.41. The number of carbonyl (C=O) groups excluding carboxylic acids is 1. The van der Waals surface area contributed by atoms with Gasteiger partial charge in [-0.2, -0.15) is 0 Å². The molecule has 1 heterocycles. The van der Waals surface area contributed by atoms with Gasteiger partial charge < -0.3 is 9.47 Å². The molecule has 136 valence electrons. The maximum Gasteiger partial charge on any atom is 0.573 e. The van der Waals surface area contributed by atoms with Gasteiger partial charge in [0.25, 0.3) is 0 Å². The van der Waals surface area contributed by atoms with E-state index in [2.05, 4.69) is 36.6 Å². The Morgan fingerprint density at radius 3 is 2.28 bits per heavy atom. The lowest BCUT2D eigenvalue weighted by atomic mass is 10.1. The number of aromatic nitrogens is 1. The van der Waals surface area contributed by atoms with Crippen molar-refractivity contribution in [3.8, 4) is 17.0 Å². The highest BCUT2D eigenvalue weighted by molar-refractivity contribution is 9.10. The van der Waals surface area contributed by atoms with Gasteiger partial charge in [-0.25, -0.2) is 4.79 Å². The quantitative estimate of drug-likeness (QED) is 0.497. The zero-order chi connectivity index (χ0) is 19.0. The van der Waals surface area contributed by atoms with Crippen LogP contribution in [-0.4, -0.2) is 22.6 Å². The number of benzene rings is 1. The van der Waals surface area contributed by atoms with Crippen molar-refractivity contribution in [2.24, 2.45) is 0 Å². The molecule has 0 aliphatic rings. The fourth-order valence-electron chi connectivity index (χ4n) is 2.00. The number of ether oxygens (including phenoxy) is 2. The first kappa shape index (κ1) is 19.8. The Morgan fingerprint density at radius 2 is 1.76 bits per heavy atom. The molecular weight excluding hydrogens is 471 g/mol. The minimum Gasteiger partial charge on any atom is -0.443 e. The molecule has 9 heteroatoms. The van der Waals surface area contributed by atoms with Crippen LogP contribution in [0.15, 0.2) is 39.4 Å². The van der Waals surface area contributed by atoms with E-state index in [1.807, 2.05) is 0 Å². The second-order valence-electron chi connectivity index (χ2n) is 6.08. The Bertz CT molecular complexity index is 795. The van der Waals surface area contributed by atoms with Crippen LogP contribution >= 0.6 is 31.9 Å². The minimum absolute atomic E-state index is 0.338. The van der Waals surface area contributed by atoms with Gasteiger partial charge in [-0.3, -0.25) is 4.57 Å². The zero-order valence-electron chi connectivity index (χ0n) is 13.4. The molecule has 0 atom stereocenters. The zero-order valence-corrected chi connectivity index (χ0v) is 16.6. The lowest BCUT2D eigenvalue weighted by Crippen LogP contribution is -2.27. The van der Waals surface area contributed by atoms with Crippen molar-refractivity contribution in [1.82, 2.24) is 4.57 Å². The predicted molar refractivity (Wildman–Crippen MR) is 93.6 cm³/mol. The van der Waals surface area contributed by atoms with Crippen molar-refractivity contribution in [3.05, 3.63) is 39.4 Å². The van der Waals surface area contributed by atoms with Crippen LogP contribution in [0.2, 0.25) is 0 Å². The van der Waals surface area contributed by atoms with E-state index in [0.29, 0.717) is 20.2 Å². The third-order valence-corrected chi connectivity index (χ3v) is 3.92. The summed E-state index contributed by atoms with van der Waals surface area (Å²) in [4.78, 5) is 12.4. The van der Waals surface area contributed by atoms with Gasteiger partial charge in [-0.1, -0.05) is 0 Å². The topological polar surface area (TPSA) is 40.5 Å². The monoisotopic (exact) mass is 483 g/mol. The van der Waals surface area contributed by atoms with Crippen LogP contribution in [0, 0.1) is 0 Å². The van der Waals surface area contributed by atoms with Gasteiger partial charge in [-0.15, -0.1) is 13.2 Å². The molecule has 25 heavy (non-hydrogen) atoms. The largest absolute Gasteiger partial charge is 0.573 e. The smallest absolute Gasteiger partial charge is 0.443 e. The maximum absolute atomic E-state index is 12.4. The standard InChI is InChI=1S/C16H14Br2F3NO3/c1-15(2,3)25-14(23)22-8-9(17)6-13(22)11-5-4-10(7-12(11)18)24-16(19,20)21/h4-8H,1-3H3. The Labute approximate surface area is 159 Å². The highest BCUT2D eigenvalue weighted by Gasteiger charge is 2.31. The molecule has 0 spiro atoms. The Morgan fingerprint density at radius 1 is 1.12 bits per heavy atom. The second-order valence-corrected chi connectivity index (χ2v) is 7.85. The van der Waals surface area contributed by atoms with E-state index in [-0.39, 0.29) is 5.75 Å². The summed E-state index contributed by atoms with van der Waals surface area (Å²) >= 11 is 6.51. The van der Waals surface area contributed by atoms with E-state index in [0.717, 1.165) is 0 Å². The van der Waals surface area contributed by atoms with Gasteiger partial charge >= 0.3 is 12.5 Å². The molecule has 0 radical (unpaired) electrons. The molecule has 4 nitrogen and oxygen atoms in total. The molecule has 0 saturated carbocycles. The molecule has 0 unspecified atom stereocenters. The molecule has 0 aliphatic carbocycles. The lowest BCUT2D eigenvalue weighted by Gasteiger charge is -2.20. The van der Waals surface area contributed by atoms with E-state index in [1.165, 1.54) is 29.0 Å². The first-order chi connectivity index (χ1) is 11.4. The molecule has 0 aliphatic heterocycles. The Kier molecular flexibility index (Phi) is 5.58. The normalized spacial score (nSPS) is 12.2. The summed E-state index contributed by atoms with van der Waals surface area (Å²) in [5.74, 6) is -0.363. The van der Waals surface area contributed by atoms with E-state index >= 15 is 0 Å². The molecule has 0 fully saturated rings. The van der Waals surface area contributed by atoms with Crippen LogP contribution in [0.5, 0.6) is 5.75 Å². The van der Waals surface area contributed by atoms with Crippen molar-refractivity contribution in [2.75, 3.05) is 0 Å². The van der Waals surface area contributed by atoms with Crippen molar-refractivity contribution in [3.63, 3.8) is 0 Å². The number of halogens is 5. The number of rotatable bonds is 2. The average molecular weight is 485 g/mol. The molecule has 1 aromatic heterocycles. The molecule has 2 aromatic rings. The first-order valence-corrected chi connectivity index (χ1v) is 8.61. The third kappa shape index (κ3) is 5.50. The summed E-state index contributed by atoms with van der Waals surface area (Å²) in [5.41, 5.74) is 0.268. The second kappa shape index (κ2) is 7.03. The van der Waals surface area contributed by atoms with E-state index < -0.39 is 18.1 Å². The fraction of sp³-hybridized carbons (Fsp3) is 0.312. The number of hydrogen-bond acceptors (Lipinski definition) is 3.